The predicted octanol–water partition coefficient (Wildman–Crippen LogP) is 1.56. The second-order valence-corrected chi connectivity index (χ2v) is 8.59. The van der Waals surface area contributed by atoms with Crippen molar-refractivity contribution in [3.05, 3.63) is 23.8 Å². The highest BCUT2D eigenvalue weighted by Gasteiger charge is 2.35. The molecule has 0 aromatic heterocycles. The van der Waals surface area contributed by atoms with Crippen LogP contribution in [0.1, 0.15) is 48.9 Å². The molecule has 7 nitrogen and oxygen atoms in total. The third kappa shape index (κ3) is 4.49. The fourth-order valence-corrected chi connectivity index (χ4v) is 4.76. The van der Waals surface area contributed by atoms with Gasteiger partial charge in [-0.15, -0.1) is 12.4 Å². The molecule has 2 fully saturated rings. The summed E-state index contributed by atoms with van der Waals surface area (Å²) >= 11 is 0. The van der Waals surface area contributed by atoms with Crippen LogP contribution in [0.4, 0.5) is 0 Å². The highest BCUT2D eigenvalue weighted by Crippen LogP contribution is 2.31. The molecule has 9 heteroatoms. The SMILES string of the molecule is COc1ccc(C(=O)NC2(CN)CCCC2)cc1S(=O)(=O)NC1CC1.Cl. The van der Waals surface area contributed by atoms with Gasteiger partial charge in [-0.2, -0.15) is 0 Å². The Morgan fingerprint density at radius 2 is 1.96 bits per heavy atom. The van der Waals surface area contributed by atoms with E-state index in [4.69, 9.17) is 10.5 Å². The summed E-state index contributed by atoms with van der Waals surface area (Å²) in [4.78, 5) is 12.6. The Bertz CT molecular complexity index is 759. The van der Waals surface area contributed by atoms with E-state index < -0.39 is 10.0 Å². The molecule has 1 aromatic rings. The van der Waals surface area contributed by atoms with Gasteiger partial charge in [-0.05, 0) is 43.9 Å². The van der Waals surface area contributed by atoms with Gasteiger partial charge in [-0.3, -0.25) is 4.79 Å². The summed E-state index contributed by atoms with van der Waals surface area (Å²) in [5.74, 6) is -0.0861. The zero-order chi connectivity index (χ0) is 18.1. The number of amides is 1. The summed E-state index contributed by atoms with van der Waals surface area (Å²) in [6.45, 7) is 0.378. The first-order valence-electron chi connectivity index (χ1n) is 8.62. The van der Waals surface area contributed by atoms with Crippen LogP contribution in [-0.4, -0.2) is 39.6 Å². The molecule has 1 aromatic carbocycles. The minimum Gasteiger partial charge on any atom is -0.495 e. The van der Waals surface area contributed by atoms with Gasteiger partial charge in [-0.1, -0.05) is 12.8 Å². The lowest BCUT2D eigenvalue weighted by atomic mass is 9.97. The number of nitrogens with two attached hydrogens (primary N) is 1. The Hall–Kier alpha value is -1.35. The minimum atomic E-state index is -3.72. The maximum Gasteiger partial charge on any atom is 0.251 e. The van der Waals surface area contributed by atoms with Crippen LogP contribution in [0.15, 0.2) is 23.1 Å². The molecule has 0 atom stereocenters. The maximum atomic E-state index is 12.7. The molecule has 0 radical (unpaired) electrons. The van der Waals surface area contributed by atoms with Crippen molar-refractivity contribution >= 4 is 28.3 Å². The quantitative estimate of drug-likeness (QED) is 0.639. The van der Waals surface area contributed by atoms with Crippen molar-refractivity contribution in [3.63, 3.8) is 0 Å². The van der Waals surface area contributed by atoms with E-state index in [1.807, 2.05) is 0 Å². The molecule has 3 rings (SSSR count). The van der Waals surface area contributed by atoms with Crippen LogP contribution in [0.5, 0.6) is 5.75 Å². The monoisotopic (exact) mass is 403 g/mol. The van der Waals surface area contributed by atoms with Crippen molar-refractivity contribution in [1.29, 1.82) is 0 Å². The summed E-state index contributed by atoms with van der Waals surface area (Å²) < 4.78 is 32.9. The predicted molar refractivity (Wildman–Crippen MR) is 101 cm³/mol. The summed E-state index contributed by atoms with van der Waals surface area (Å²) in [6.07, 6.45) is 5.43. The molecular weight excluding hydrogens is 378 g/mol. The van der Waals surface area contributed by atoms with Gasteiger partial charge >= 0.3 is 0 Å². The molecule has 2 aliphatic carbocycles. The van der Waals surface area contributed by atoms with E-state index in [0.29, 0.717) is 6.54 Å². The Labute approximate surface area is 160 Å². The molecule has 1 amide bonds. The molecule has 2 saturated carbocycles. The number of rotatable bonds is 7. The smallest absolute Gasteiger partial charge is 0.251 e. The number of ether oxygens (including phenoxy) is 1. The van der Waals surface area contributed by atoms with Crippen LogP contribution in [-0.2, 0) is 10.0 Å². The van der Waals surface area contributed by atoms with E-state index in [0.717, 1.165) is 38.5 Å². The number of sulfonamides is 1. The fourth-order valence-electron chi connectivity index (χ4n) is 3.26. The van der Waals surface area contributed by atoms with Crippen molar-refractivity contribution in [2.24, 2.45) is 5.73 Å². The average molecular weight is 404 g/mol. The van der Waals surface area contributed by atoms with E-state index in [1.165, 1.54) is 19.2 Å². The number of methoxy groups -OCH3 is 1. The van der Waals surface area contributed by atoms with Crippen LogP contribution in [0.2, 0.25) is 0 Å². The van der Waals surface area contributed by atoms with Crippen LogP contribution < -0.4 is 20.5 Å². The third-order valence-electron chi connectivity index (χ3n) is 4.94. The van der Waals surface area contributed by atoms with E-state index >= 15 is 0 Å². The number of nitrogens with one attached hydrogen (secondary N) is 2. The molecular formula is C17H26ClN3O4S. The van der Waals surface area contributed by atoms with Crippen LogP contribution in [0.3, 0.4) is 0 Å². The molecule has 0 aliphatic heterocycles. The fraction of sp³-hybridized carbons (Fsp3) is 0.588. The van der Waals surface area contributed by atoms with Gasteiger partial charge in [0.15, 0.2) is 0 Å². The maximum absolute atomic E-state index is 12.7. The number of hydrogen-bond donors (Lipinski definition) is 3. The number of halogens is 1. The molecule has 2 aliphatic rings. The standard InChI is InChI=1S/C17H25N3O4S.ClH/c1-24-14-7-4-12(10-15(14)25(22,23)20-13-5-6-13)16(21)19-17(11-18)8-2-3-9-17;/h4,7,10,13,20H,2-3,5-6,8-9,11,18H2,1H3,(H,19,21);1H. The second-order valence-electron chi connectivity index (χ2n) is 6.91. The van der Waals surface area contributed by atoms with Gasteiger partial charge < -0.3 is 15.8 Å². The molecule has 0 unspecified atom stereocenters. The normalized spacial score (nSPS) is 18.8. The van der Waals surface area contributed by atoms with Gasteiger partial charge in [-0.25, -0.2) is 13.1 Å². The van der Waals surface area contributed by atoms with Crippen molar-refractivity contribution in [2.45, 2.75) is 55.0 Å². The van der Waals surface area contributed by atoms with E-state index in [-0.39, 0.29) is 46.1 Å². The summed E-state index contributed by atoms with van der Waals surface area (Å²) in [5, 5.41) is 3.01. The zero-order valence-electron chi connectivity index (χ0n) is 14.8. The van der Waals surface area contributed by atoms with Gasteiger partial charge in [0.1, 0.15) is 10.6 Å². The molecule has 0 bridgehead atoms. The summed E-state index contributed by atoms with van der Waals surface area (Å²) in [5.41, 5.74) is 5.76. The first-order valence-corrected chi connectivity index (χ1v) is 10.1. The van der Waals surface area contributed by atoms with Crippen molar-refractivity contribution in [2.75, 3.05) is 13.7 Å². The first kappa shape index (κ1) is 21.0. The van der Waals surface area contributed by atoms with Crippen molar-refractivity contribution < 1.29 is 17.9 Å². The van der Waals surface area contributed by atoms with Gasteiger partial charge in [0.05, 0.1) is 12.6 Å². The zero-order valence-corrected chi connectivity index (χ0v) is 16.4. The van der Waals surface area contributed by atoms with Gasteiger partial charge in [0, 0.05) is 18.2 Å². The topological polar surface area (TPSA) is 111 Å². The summed E-state index contributed by atoms with van der Waals surface area (Å²) in [7, 11) is -2.31. The Morgan fingerprint density at radius 3 is 2.50 bits per heavy atom. The lowest BCUT2D eigenvalue weighted by Crippen LogP contribution is -2.51. The number of benzene rings is 1. The highest BCUT2D eigenvalue weighted by atomic mass is 35.5. The Balaban J connectivity index is 0.00000243. The van der Waals surface area contributed by atoms with Crippen molar-refractivity contribution in [1.82, 2.24) is 10.0 Å². The highest BCUT2D eigenvalue weighted by molar-refractivity contribution is 7.89. The molecule has 146 valence electrons. The average Bonchev–Trinajstić information content (AvgIpc) is 3.28. The van der Waals surface area contributed by atoms with Crippen LogP contribution in [0.25, 0.3) is 0 Å². The van der Waals surface area contributed by atoms with Crippen LogP contribution in [0, 0.1) is 0 Å². The largest absolute Gasteiger partial charge is 0.495 e. The first-order chi connectivity index (χ1) is 11.9. The molecule has 4 N–H and O–H groups in total. The lowest BCUT2D eigenvalue weighted by molar-refractivity contribution is 0.0903. The van der Waals surface area contributed by atoms with E-state index in [9.17, 15) is 13.2 Å². The summed E-state index contributed by atoms with van der Waals surface area (Å²) in [6, 6.07) is 4.44. The number of carbonyl (C=O) groups is 1. The number of carbonyl (C=O) groups excluding carboxylic acids is 1. The molecule has 26 heavy (non-hydrogen) atoms. The molecule has 0 saturated heterocycles. The number of hydrogen-bond acceptors (Lipinski definition) is 5. The van der Waals surface area contributed by atoms with E-state index in [1.54, 1.807) is 6.07 Å². The third-order valence-corrected chi connectivity index (χ3v) is 6.49. The Morgan fingerprint density at radius 1 is 1.31 bits per heavy atom. The van der Waals surface area contributed by atoms with Gasteiger partial charge in [0.25, 0.3) is 5.91 Å². The minimum absolute atomic E-state index is 0. The molecule has 0 heterocycles. The lowest BCUT2D eigenvalue weighted by Gasteiger charge is -2.28. The van der Waals surface area contributed by atoms with Crippen molar-refractivity contribution in [3.8, 4) is 5.75 Å². The van der Waals surface area contributed by atoms with Gasteiger partial charge in [0.2, 0.25) is 10.0 Å². The van der Waals surface area contributed by atoms with Crippen LogP contribution >= 0.6 is 12.4 Å². The van der Waals surface area contributed by atoms with E-state index in [2.05, 4.69) is 10.0 Å². The molecule has 0 spiro atoms. The Kier molecular flexibility index (Phi) is 6.55. The second kappa shape index (κ2) is 8.12.